The third kappa shape index (κ3) is 2.22. The van der Waals surface area contributed by atoms with E-state index in [-0.39, 0.29) is 5.91 Å². The average molecular weight is 271 g/mol. The maximum absolute atomic E-state index is 12.3. The Labute approximate surface area is 110 Å². The summed E-state index contributed by atoms with van der Waals surface area (Å²) in [6.07, 6.45) is 2.92. The van der Waals surface area contributed by atoms with E-state index < -0.39 is 12.0 Å². The van der Waals surface area contributed by atoms with Crippen LogP contribution in [0.15, 0.2) is 12.3 Å². The van der Waals surface area contributed by atoms with Crippen LogP contribution < -0.4 is 0 Å². The third-order valence-electron chi connectivity index (χ3n) is 3.22. The minimum atomic E-state index is -0.943. The van der Waals surface area contributed by atoms with Gasteiger partial charge in [0.2, 0.25) is 0 Å². The lowest BCUT2D eigenvalue weighted by Crippen LogP contribution is -2.41. The van der Waals surface area contributed by atoms with Crippen LogP contribution in [0.4, 0.5) is 0 Å². The van der Waals surface area contributed by atoms with Crippen molar-refractivity contribution in [3.63, 3.8) is 0 Å². The molecule has 18 heavy (non-hydrogen) atoms. The van der Waals surface area contributed by atoms with Crippen LogP contribution in [-0.2, 0) is 11.3 Å². The average Bonchev–Trinajstić information content (AvgIpc) is 2.93. The first-order valence-corrected chi connectivity index (χ1v) is 6.31. The fourth-order valence-corrected chi connectivity index (χ4v) is 2.55. The van der Waals surface area contributed by atoms with Gasteiger partial charge in [0.1, 0.15) is 11.7 Å². The second-order valence-corrected chi connectivity index (χ2v) is 4.76. The van der Waals surface area contributed by atoms with Gasteiger partial charge in [-0.15, -0.1) is 0 Å². The number of halogens is 1. The Kier molecular flexibility index (Phi) is 3.61. The van der Waals surface area contributed by atoms with Gasteiger partial charge in [0.05, 0.1) is 5.02 Å². The van der Waals surface area contributed by atoms with Gasteiger partial charge in [-0.3, -0.25) is 4.79 Å². The molecule has 2 heterocycles. The van der Waals surface area contributed by atoms with Gasteiger partial charge in [0.15, 0.2) is 0 Å². The lowest BCUT2D eigenvalue weighted by Gasteiger charge is -2.21. The molecule has 0 radical (unpaired) electrons. The SMILES string of the molecule is CCn1cc(Cl)cc1C(=O)N1CCCC1C(=O)O. The fourth-order valence-electron chi connectivity index (χ4n) is 2.33. The molecule has 1 aliphatic rings. The molecule has 6 heteroatoms. The number of hydrogen-bond donors (Lipinski definition) is 1. The van der Waals surface area contributed by atoms with E-state index in [0.717, 1.165) is 6.42 Å². The van der Waals surface area contributed by atoms with E-state index in [1.807, 2.05) is 6.92 Å². The minimum Gasteiger partial charge on any atom is -0.480 e. The number of amides is 1. The summed E-state index contributed by atoms with van der Waals surface area (Å²) in [6, 6.07) is 0.876. The Bertz CT molecular complexity index is 484. The van der Waals surface area contributed by atoms with Crippen LogP contribution in [0.3, 0.4) is 0 Å². The molecule has 2 rings (SSSR count). The Hall–Kier alpha value is -1.49. The number of carboxylic acid groups (broad SMARTS) is 1. The second kappa shape index (κ2) is 5.02. The number of aromatic nitrogens is 1. The van der Waals surface area contributed by atoms with Gasteiger partial charge in [-0.2, -0.15) is 0 Å². The van der Waals surface area contributed by atoms with E-state index in [4.69, 9.17) is 16.7 Å². The molecular formula is C12H15ClN2O3. The number of hydrogen-bond acceptors (Lipinski definition) is 2. The number of aryl methyl sites for hydroxylation is 1. The molecule has 1 fully saturated rings. The van der Waals surface area contributed by atoms with E-state index in [2.05, 4.69) is 0 Å². The molecule has 1 unspecified atom stereocenters. The highest BCUT2D eigenvalue weighted by Gasteiger charge is 2.35. The Morgan fingerprint density at radius 1 is 1.56 bits per heavy atom. The lowest BCUT2D eigenvalue weighted by molar-refractivity contribution is -0.141. The molecule has 0 saturated carbocycles. The van der Waals surface area contributed by atoms with Gasteiger partial charge < -0.3 is 14.6 Å². The van der Waals surface area contributed by atoms with Crippen LogP contribution >= 0.6 is 11.6 Å². The van der Waals surface area contributed by atoms with E-state index >= 15 is 0 Å². The molecule has 1 aromatic heterocycles. The Balaban J connectivity index is 2.27. The molecule has 1 N–H and O–H groups in total. The molecule has 1 aliphatic heterocycles. The summed E-state index contributed by atoms with van der Waals surface area (Å²) in [5, 5.41) is 9.58. The maximum atomic E-state index is 12.3. The Morgan fingerprint density at radius 3 is 2.89 bits per heavy atom. The molecule has 1 amide bonds. The maximum Gasteiger partial charge on any atom is 0.326 e. The highest BCUT2D eigenvalue weighted by atomic mass is 35.5. The topological polar surface area (TPSA) is 62.5 Å². The molecule has 1 aromatic rings. The minimum absolute atomic E-state index is 0.256. The van der Waals surface area contributed by atoms with Crippen molar-refractivity contribution in [1.29, 1.82) is 0 Å². The first kappa shape index (κ1) is 13.0. The van der Waals surface area contributed by atoms with Crippen molar-refractivity contribution in [3.05, 3.63) is 23.0 Å². The van der Waals surface area contributed by atoms with Gasteiger partial charge in [0.25, 0.3) is 5.91 Å². The molecular weight excluding hydrogens is 256 g/mol. The van der Waals surface area contributed by atoms with E-state index in [0.29, 0.717) is 30.2 Å². The summed E-state index contributed by atoms with van der Waals surface area (Å²) in [4.78, 5) is 24.8. The second-order valence-electron chi connectivity index (χ2n) is 4.32. The van der Waals surface area contributed by atoms with Crippen LogP contribution in [-0.4, -0.2) is 39.0 Å². The number of likely N-dealkylation sites (tertiary alicyclic amines) is 1. The standard InChI is InChI=1S/C12H15ClN2O3/c1-2-14-7-8(13)6-10(14)11(16)15-5-3-4-9(15)12(17)18/h6-7,9H,2-5H2,1H3,(H,17,18). The highest BCUT2D eigenvalue weighted by molar-refractivity contribution is 6.31. The van der Waals surface area contributed by atoms with E-state index in [1.54, 1.807) is 16.8 Å². The van der Waals surface area contributed by atoms with Crippen LogP contribution in [0.25, 0.3) is 0 Å². The molecule has 1 atom stereocenters. The highest BCUT2D eigenvalue weighted by Crippen LogP contribution is 2.22. The zero-order valence-electron chi connectivity index (χ0n) is 10.1. The predicted octanol–water partition coefficient (Wildman–Crippen LogP) is 1.85. The van der Waals surface area contributed by atoms with Crippen molar-refractivity contribution in [2.45, 2.75) is 32.4 Å². The van der Waals surface area contributed by atoms with Gasteiger partial charge in [-0.1, -0.05) is 11.6 Å². The number of nitrogens with zero attached hydrogens (tertiary/aromatic N) is 2. The van der Waals surface area contributed by atoms with Gasteiger partial charge in [-0.25, -0.2) is 4.79 Å². The van der Waals surface area contributed by atoms with Crippen molar-refractivity contribution >= 4 is 23.5 Å². The third-order valence-corrected chi connectivity index (χ3v) is 3.43. The quantitative estimate of drug-likeness (QED) is 0.912. The summed E-state index contributed by atoms with van der Waals surface area (Å²) >= 11 is 5.89. The molecule has 0 bridgehead atoms. The largest absolute Gasteiger partial charge is 0.480 e. The summed E-state index contributed by atoms with van der Waals surface area (Å²) in [5.41, 5.74) is 0.454. The smallest absolute Gasteiger partial charge is 0.326 e. The van der Waals surface area contributed by atoms with Gasteiger partial charge in [0, 0.05) is 19.3 Å². The zero-order valence-corrected chi connectivity index (χ0v) is 10.9. The number of carboxylic acids is 1. The van der Waals surface area contributed by atoms with Crippen LogP contribution in [0.5, 0.6) is 0 Å². The lowest BCUT2D eigenvalue weighted by atomic mass is 10.2. The summed E-state index contributed by atoms with van der Waals surface area (Å²) in [5.74, 6) is -1.20. The molecule has 98 valence electrons. The predicted molar refractivity (Wildman–Crippen MR) is 66.8 cm³/mol. The molecule has 0 aromatic carbocycles. The van der Waals surface area contributed by atoms with E-state index in [1.165, 1.54) is 4.90 Å². The summed E-state index contributed by atoms with van der Waals surface area (Å²) in [6.45, 7) is 3.02. The van der Waals surface area contributed by atoms with Gasteiger partial charge in [-0.05, 0) is 25.8 Å². The number of rotatable bonds is 3. The summed E-state index contributed by atoms with van der Waals surface area (Å²) in [7, 11) is 0. The van der Waals surface area contributed by atoms with Crippen LogP contribution in [0.2, 0.25) is 5.02 Å². The van der Waals surface area contributed by atoms with Crippen molar-refractivity contribution in [2.75, 3.05) is 6.54 Å². The van der Waals surface area contributed by atoms with Crippen LogP contribution in [0, 0.1) is 0 Å². The van der Waals surface area contributed by atoms with Crippen LogP contribution in [0.1, 0.15) is 30.3 Å². The first-order chi connectivity index (χ1) is 8.54. The molecule has 5 nitrogen and oxygen atoms in total. The number of carbonyl (C=O) groups excluding carboxylic acids is 1. The van der Waals surface area contributed by atoms with Crippen molar-refractivity contribution < 1.29 is 14.7 Å². The van der Waals surface area contributed by atoms with Crippen molar-refractivity contribution in [3.8, 4) is 0 Å². The Morgan fingerprint density at radius 2 is 2.28 bits per heavy atom. The monoisotopic (exact) mass is 270 g/mol. The summed E-state index contributed by atoms with van der Waals surface area (Å²) < 4.78 is 1.74. The first-order valence-electron chi connectivity index (χ1n) is 5.94. The number of aliphatic carboxylic acids is 1. The number of carbonyl (C=O) groups is 2. The van der Waals surface area contributed by atoms with Crippen molar-refractivity contribution in [1.82, 2.24) is 9.47 Å². The van der Waals surface area contributed by atoms with E-state index in [9.17, 15) is 9.59 Å². The molecule has 0 spiro atoms. The normalized spacial score (nSPS) is 19.2. The zero-order chi connectivity index (χ0) is 13.3. The van der Waals surface area contributed by atoms with Crippen molar-refractivity contribution in [2.24, 2.45) is 0 Å². The molecule has 1 saturated heterocycles. The fraction of sp³-hybridized carbons (Fsp3) is 0.500. The van der Waals surface area contributed by atoms with Gasteiger partial charge >= 0.3 is 5.97 Å². The molecule has 0 aliphatic carbocycles.